The maximum Gasteiger partial charge on any atom is 0.234 e. The molecule has 1 atom stereocenters. The van der Waals surface area contributed by atoms with Crippen molar-refractivity contribution in [2.75, 3.05) is 17.2 Å². The highest BCUT2D eigenvalue weighted by Crippen LogP contribution is 2.30. The van der Waals surface area contributed by atoms with Crippen LogP contribution in [-0.4, -0.2) is 33.6 Å². The SMILES string of the molecule is CC(C)Nc1cc(Nc2ccc3ncsc3c2)ncc1C1NN=C(CO)O1. The molecule has 1 aromatic carbocycles. The van der Waals surface area contributed by atoms with Gasteiger partial charge in [-0.25, -0.2) is 9.97 Å². The van der Waals surface area contributed by atoms with Crippen LogP contribution in [0.2, 0.25) is 0 Å². The molecule has 0 amide bonds. The van der Waals surface area contributed by atoms with Gasteiger partial charge in [0.05, 0.1) is 21.3 Å². The normalized spacial score (nSPS) is 16.1. The number of hydrogen-bond donors (Lipinski definition) is 4. The summed E-state index contributed by atoms with van der Waals surface area (Å²) in [5.41, 5.74) is 8.35. The van der Waals surface area contributed by atoms with E-state index in [0.29, 0.717) is 5.82 Å². The summed E-state index contributed by atoms with van der Waals surface area (Å²) in [6, 6.07) is 8.19. The van der Waals surface area contributed by atoms with E-state index in [4.69, 9.17) is 4.74 Å². The molecule has 0 spiro atoms. The van der Waals surface area contributed by atoms with E-state index in [0.717, 1.165) is 27.2 Å². The van der Waals surface area contributed by atoms with Gasteiger partial charge in [0.1, 0.15) is 12.4 Å². The minimum Gasteiger partial charge on any atom is -0.448 e. The smallest absolute Gasteiger partial charge is 0.234 e. The van der Waals surface area contributed by atoms with Gasteiger partial charge in [-0.15, -0.1) is 16.4 Å². The first-order valence-electron chi connectivity index (χ1n) is 8.59. The molecule has 1 aliphatic heterocycles. The summed E-state index contributed by atoms with van der Waals surface area (Å²) in [5, 5.41) is 19.9. The van der Waals surface area contributed by atoms with Crippen molar-refractivity contribution in [1.82, 2.24) is 15.4 Å². The maximum atomic E-state index is 9.17. The molecule has 0 bridgehead atoms. The van der Waals surface area contributed by atoms with Gasteiger partial charge in [0.2, 0.25) is 12.1 Å². The predicted octanol–water partition coefficient (Wildman–Crippen LogP) is 3.18. The van der Waals surface area contributed by atoms with Gasteiger partial charge in [-0.3, -0.25) is 5.43 Å². The first kappa shape index (κ1) is 17.5. The van der Waals surface area contributed by atoms with Crippen LogP contribution in [0.3, 0.4) is 0 Å². The summed E-state index contributed by atoms with van der Waals surface area (Å²) in [7, 11) is 0. The molecule has 2 aromatic heterocycles. The maximum absolute atomic E-state index is 9.17. The first-order valence-corrected chi connectivity index (χ1v) is 9.46. The summed E-state index contributed by atoms with van der Waals surface area (Å²) in [6.07, 6.45) is 1.26. The molecule has 1 aliphatic rings. The molecule has 8 nitrogen and oxygen atoms in total. The van der Waals surface area contributed by atoms with E-state index in [9.17, 15) is 5.11 Å². The molecule has 9 heteroatoms. The average molecular weight is 384 g/mol. The fourth-order valence-corrected chi connectivity index (χ4v) is 3.50. The van der Waals surface area contributed by atoms with Crippen LogP contribution >= 0.6 is 11.3 Å². The van der Waals surface area contributed by atoms with Gasteiger partial charge < -0.3 is 20.5 Å². The van der Waals surface area contributed by atoms with E-state index in [1.54, 1.807) is 17.5 Å². The highest BCUT2D eigenvalue weighted by molar-refractivity contribution is 7.16. The van der Waals surface area contributed by atoms with Crippen molar-refractivity contribution < 1.29 is 9.84 Å². The van der Waals surface area contributed by atoms with Gasteiger partial charge in [0.15, 0.2) is 0 Å². The van der Waals surface area contributed by atoms with E-state index in [2.05, 4.69) is 51.0 Å². The van der Waals surface area contributed by atoms with Crippen molar-refractivity contribution >= 4 is 44.6 Å². The lowest BCUT2D eigenvalue weighted by atomic mass is 10.2. The highest BCUT2D eigenvalue weighted by Gasteiger charge is 2.24. The lowest BCUT2D eigenvalue weighted by Crippen LogP contribution is -2.19. The fraction of sp³-hybridized carbons (Fsp3) is 0.278. The molecule has 0 saturated carbocycles. The van der Waals surface area contributed by atoms with Gasteiger partial charge in [0, 0.05) is 29.7 Å². The zero-order valence-corrected chi connectivity index (χ0v) is 15.7. The zero-order valence-electron chi connectivity index (χ0n) is 14.9. The Kier molecular flexibility index (Phi) is 4.78. The number of thiazole rings is 1. The van der Waals surface area contributed by atoms with E-state index in [1.165, 1.54) is 0 Å². The molecule has 0 aliphatic carbocycles. The second-order valence-corrected chi connectivity index (χ2v) is 7.29. The Morgan fingerprint density at radius 3 is 2.96 bits per heavy atom. The molecule has 0 radical (unpaired) electrons. The number of benzene rings is 1. The van der Waals surface area contributed by atoms with Crippen molar-refractivity contribution in [1.29, 1.82) is 0 Å². The van der Waals surface area contributed by atoms with Gasteiger partial charge in [-0.2, -0.15) is 0 Å². The Morgan fingerprint density at radius 1 is 1.30 bits per heavy atom. The van der Waals surface area contributed by atoms with E-state index in [-0.39, 0.29) is 18.5 Å². The number of aliphatic hydroxyl groups excluding tert-OH is 1. The fourth-order valence-electron chi connectivity index (χ4n) is 2.78. The number of fused-ring (bicyclic) bond motifs is 1. The molecule has 3 heterocycles. The minimum atomic E-state index is -0.483. The second-order valence-electron chi connectivity index (χ2n) is 6.41. The molecule has 4 N–H and O–H groups in total. The number of aromatic nitrogens is 2. The van der Waals surface area contributed by atoms with Gasteiger partial charge in [-0.1, -0.05) is 0 Å². The van der Waals surface area contributed by atoms with Crippen LogP contribution in [0.4, 0.5) is 17.2 Å². The third-order valence-corrected chi connectivity index (χ3v) is 4.75. The van der Waals surface area contributed by atoms with Crippen molar-refractivity contribution in [3.63, 3.8) is 0 Å². The molecule has 0 fully saturated rings. The number of ether oxygens (including phenoxy) is 1. The average Bonchev–Trinajstić information content (AvgIpc) is 3.30. The number of nitrogens with one attached hydrogen (secondary N) is 3. The topological polar surface area (TPSA) is 104 Å². The molecule has 140 valence electrons. The summed E-state index contributed by atoms with van der Waals surface area (Å²) >= 11 is 1.60. The Morgan fingerprint density at radius 2 is 2.19 bits per heavy atom. The quantitative estimate of drug-likeness (QED) is 0.517. The van der Waals surface area contributed by atoms with Crippen LogP contribution in [0.1, 0.15) is 25.6 Å². The Bertz CT molecular complexity index is 987. The van der Waals surface area contributed by atoms with Crippen molar-refractivity contribution in [3.05, 3.63) is 41.5 Å². The molecular formula is C18H20N6O2S. The molecule has 0 saturated heterocycles. The summed E-state index contributed by atoms with van der Waals surface area (Å²) < 4.78 is 6.72. The first-order chi connectivity index (χ1) is 13.1. The number of pyridine rings is 1. The molecule has 27 heavy (non-hydrogen) atoms. The zero-order chi connectivity index (χ0) is 18.8. The van der Waals surface area contributed by atoms with E-state index in [1.807, 2.05) is 23.7 Å². The van der Waals surface area contributed by atoms with Crippen LogP contribution in [0.5, 0.6) is 0 Å². The summed E-state index contributed by atoms with van der Waals surface area (Å²) in [6.45, 7) is 3.88. The third-order valence-electron chi connectivity index (χ3n) is 3.96. The third kappa shape index (κ3) is 3.79. The Balaban J connectivity index is 1.60. The Labute approximate surface area is 160 Å². The molecule has 4 rings (SSSR count). The van der Waals surface area contributed by atoms with Crippen molar-refractivity contribution in [2.24, 2.45) is 5.10 Å². The summed E-state index contributed by atoms with van der Waals surface area (Å²) in [4.78, 5) is 8.81. The minimum absolute atomic E-state index is 0.229. The number of hydrogen-bond acceptors (Lipinski definition) is 9. The lowest BCUT2D eigenvalue weighted by molar-refractivity contribution is 0.174. The predicted molar refractivity (Wildman–Crippen MR) is 107 cm³/mol. The summed E-state index contributed by atoms with van der Waals surface area (Å²) in [5.74, 6) is 0.975. The van der Waals surface area contributed by atoms with Crippen LogP contribution in [0, 0.1) is 0 Å². The van der Waals surface area contributed by atoms with Crippen LogP contribution in [-0.2, 0) is 4.74 Å². The van der Waals surface area contributed by atoms with E-state index >= 15 is 0 Å². The number of hydrazone groups is 1. The van der Waals surface area contributed by atoms with Crippen molar-refractivity contribution in [2.45, 2.75) is 26.1 Å². The highest BCUT2D eigenvalue weighted by atomic mass is 32.1. The van der Waals surface area contributed by atoms with Crippen LogP contribution in [0.15, 0.2) is 41.1 Å². The van der Waals surface area contributed by atoms with Gasteiger partial charge in [-0.05, 0) is 32.0 Å². The lowest BCUT2D eigenvalue weighted by Gasteiger charge is -2.19. The van der Waals surface area contributed by atoms with Gasteiger partial charge >= 0.3 is 0 Å². The largest absolute Gasteiger partial charge is 0.448 e. The van der Waals surface area contributed by atoms with Crippen LogP contribution in [0.25, 0.3) is 10.2 Å². The van der Waals surface area contributed by atoms with Crippen molar-refractivity contribution in [3.8, 4) is 0 Å². The molecular weight excluding hydrogens is 364 g/mol. The monoisotopic (exact) mass is 384 g/mol. The molecule has 3 aromatic rings. The van der Waals surface area contributed by atoms with Gasteiger partial charge in [0.25, 0.3) is 0 Å². The second kappa shape index (κ2) is 7.37. The number of nitrogens with zero attached hydrogens (tertiary/aromatic N) is 3. The van der Waals surface area contributed by atoms with E-state index < -0.39 is 6.23 Å². The number of rotatable bonds is 6. The van der Waals surface area contributed by atoms with Crippen LogP contribution < -0.4 is 16.1 Å². The number of aliphatic hydroxyl groups is 1. The standard InChI is InChI=1S/C18H20N6O2S/c1-10(2)21-14-6-16(19-7-12(14)18-24-23-17(8-25)26-18)22-11-3-4-13-15(5-11)27-9-20-13/h3-7,9-10,18,24-25H,8H2,1-2H3,(H2,19,21,22). The number of anilines is 3. The molecule has 1 unspecified atom stereocenters. The Hall–Kier alpha value is -2.91.